The third-order valence-corrected chi connectivity index (χ3v) is 6.24. The maximum absolute atomic E-state index is 12.8. The summed E-state index contributed by atoms with van der Waals surface area (Å²) >= 11 is 6.23. The van der Waals surface area contributed by atoms with Crippen molar-refractivity contribution in [1.29, 1.82) is 0 Å². The van der Waals surface area contributed by atoms with Crippen molar-refractivity contribution in [2.24, 2.45) is 0 Å². The van der Waals surface area contributed by atoms with Gasteiger partial charge in [0.05, 0.1) is 11.1 Å². The highest BCUT2D eigenvalue weighted by Crippen LogP contribution is 2.31. The third-order valence-electron chi connectivity index (χ3n) is 6.00. The monoisotopic (exact) mass is 511 g/mol. The number of nitrogens with zero attached hydrogens (tertiary/aromatic N) is 4. The first kappa shape index (κ1) is 23.9. The van der Waals surface area contributed by atoms with Crippen LogP contribution < -0.4 is 10.2 Å². The fourth-order valence-corrected chi connectivity index (χ4v) is 4.28. The molecule has 0 unspecified atom stereocenters. The van der Waals surface area contributed by atoms with E-state index in [1.807, 2.05) is 42.5 Å². The van der Waals surface area contributed by atoms with Gasteiger partial charge in [-0.15, -0.1) is 0 Å². The summed E-state index contributed by atoms with van der Waals surface area (Å²) in [5.74, 6) is 1.35. The van der Waals surface area contributed by atoms with Crippen molar-refractivity contribution < 1.29 is 18.0 Å². The Morgan fingerprint density at radius 1 is 0.889 bits per heavy atom. The van der Waals surface area contributed by atoms with Gasteiger partial charge in [-0.05, 0) is 42.5 Å². The van der Waals surface area contributed by atoms with Gasteiger partial charge in [-0.25, -0.2) is 14.8 Å². The number of carbonyl (C=O) groups is 1. The predicted octanol–water partition coefficient (Wildman–Crippen LogP) is 6.32. The Morgan fingerprint density at radius 3 is 2.25 bits per heavy atom. The minimum absolute atomic E-state index is 0.307. The summed E-state index contributed by atoms with van der Waals surface area (Å²) in [6.07, 6.45) is -4.42. The van der Waals surface area contributed by atoms with Gasteiger partial charge in [0.15, 0.2) is 5.82 Å². The molecule has 36 heavy (non-hydrogen) atoms. The topological polar surface area (TPSA) is 61.4 Å². The second-order valence-electron chi connectivity index (χ2n) is 8.38. The molecule has 1 aliphatic rings. The standard InChI is InChI=1S/C26H21ClF3N5O/c27-19-8-11-21-22(16-19)32-23(17-4-2-1-3-5-17)33-24(21)34-12-14-35(15-13-34)25(36)31-20-9-6-18(7-10-20)26(28,29)30/h1-11,16H,12-15H2,(H,31,36). The van der Waals surface area contributed by atoms with Crippen molar-refractivity contribution >= 4 is 40.0 Å². The van der Waals surface area contributed by atoms with Crippen LogP contribution in [-0.4, -0.2) is 47.1 Å². The lowest BCUT2D eigenvalue weighted by Crippen LogP contribution is -2.50. The SMILES string of the molecule is O=C(Nc1ccc(C(F)(F)F)cc1)N1CCN(c2nc(-c3ccccc3)nc3cc(Cl)ccc23)CC1. The minimum atomic E-state index is -4.42. The molecule has 0 atom stereocenters. The number of piperazine rings is 1. The number of rotatable bonds is 3. The molecule has 1 saturated heterocycles. The molecule has 0 spiro atoms. The quantitative estimate of drug-likeness (QED) is 0.349. The summed E-state index contributed by atoms with van der Waals surface area (Å²) in [6.45, 7) is 1.91. The molecule has 0 bridgehead atoms. The third kappa shape index (κ3) is 5.06. The van der Waals surface area contributed by atoms with Crippen LogP contribution in [0.3, 0.4) is 0 Å². The molecule has 1 N–H and O–H groups in total. The molecule has 184 valence electrons. The van der Waals surface area contributed by atoms with Crippen molar-refractivity contribution in [2.45, 2.75) is 6.18 Å². The second-order valence-corrected chi connectivity index (χ2v) is 8.81. The highest BCUT2D eigenvalue weighted by molar-refractivity contribution is 6.31. The lowest BCUT2D eigenvalue weighted by Gasteiger charge is -2.36. The number of alkyl halides is 3. The number of hydrogen-bond donors (Lipinski definition) is 1. The Labute approximate surface area is 210 Å². The fraction of sp³-hybridized carbons (Fsp3) is 0.192. The van der Waals surface area contributed by atoms with E-state index in [4.69, 9.17) is 21.6 Å². The lowest BCUT2D eigenvalue weighted by atomic mass is 10.1. The minimum Gasteiger partial charge on any atom is -0.352 e. The van der Waals surface area contributed by atoms with E-state index in [9.17, 15) is 18.0 Å². The molecule has 4 aromatic rings. The van der Waals surface area contributed by atoms with Crippen LogP contribution in [0.15, 0.2) is 72.8 Å². The van der Waals surface area contributed by atoms with Crippen molar-refractivity contribution in [3.05, 3.63) is 83.4 Å². The normalized spacial score (nSPS) is 14.2. The predicted molar refractivity (Wildman–Crippen MR) is 134 cm³/mol. The number of carbonyl (C=O) groups excluding carboxylic acids is 1. The maximum Gasteiger partial charge on any atom is 0.416 e. The Kier molecular flexibility index (Phi) is 6.40. The average molecular weight is 512 g/mol. The zero-order valence-electron chi connectivity index (χ0n) is 19.0. The van der Waals surface area contributed by atoms with Crippen molar-refractivity contribution in [3.63, 3.8) is 0 Å². The number of hydrogen-bond acceptors (Lipinski definition) is 4. The van der Waals surface area contributed by atoms with Crippen molar-refractivity contribution in [2.75, 3.05) is 36.4 Å². The molecule has 2 heterocycles. The van der Waals surface area contributed by atoms with Gasteiger partial charge in [-0.2, -0.15) is 13.2 Å². The summed E-state index contributed by atoms with van der Waals surface area (Å²) < 4.78 is 38.3. The summed E-state index contributed by atoms with van der Waals surface area (Å²) in [5, 5.41) is 4.11. The summed E-state index contributed by atoms with van der Waals surface area (Å²) in [7, 11) is 0. The molecule has 1 aromatic heterocycles. The van der Waals surface area contributed by atoms with Gasteiger partial charge in [-0.3, -0.25) is 0 Å². The van der Waals surface area contributed by atoms with Gasteiger partial charge >= 0.3 is 12.2 Å². The van der Waals surface area contributed by atoms with Crippen molar-refractivity contribution in [1.82, 2.24) is 14.9 Å². The first-order chi connectivity index (χ1) is 17.3. The molecular formula is C26H21ClF3N5O. The van der Waals surface area contributed by atoms with E-state index in [1.165, 1.54) is 12.1 Å². The van der Waals surface area contributed by atoms with E-state index in [-0.39, 0.29) is 6.03 Å². The largest absolute Gasteiger partial charge is 0.416 e. The number of benzene rings is 3. The Hall–Kier alpha value is -3.85. The van der Waals surface area contributed by atoms with Crippen LogP contribution in [0.5, 0.6) is 0 Å². The van der Waals surface area contributed by atoms with Gasteiger partial charge in [0.1, 0.15) is 5.82 Å². The van der Waals surface area contributed by atoms with Gasteiger partial charge in [-0.1, -0.05) is 41.9 Å². The first-order valence-corrected chi connectivity index (χ1v) is 11.7. The molecule has 0 saturated carbocycles. The number of urea groups is 1. The molecule has 3 aromatic carbocycles. The Morgan fingerprint density at radius 2 is 1.58 bits per heavy atom. The molecule has 0 aliphatic carbocycles. The molecule has 2 amide bonds. The van der Waals surface area contributed by atoms with Crippen LogP contribution in [0, 0.1) is 0 Å². The van der Waals surface area contributed by atoms with Crippen LogP contribution in [0.25, 0.3) is 22.3 Å². The smallest absolute Gasteiger partial charge is 0.352 e. The Balaban J connectivity index is 1.32. The number of fused-ring (bicyclic) bond motifs is 1. The zero-order valence-corrected chi connectivity index (χ0v) is 19.7. The molecule has 1 aliphatic heterocycles. The number of amides is 2. The lowest BCUT2D eigenvalue weighted by molar-refractivity contribution is -0.137. The van der Waals surface area contributed by atoms with E-state index in [2.05, 4.69) is 10.2 Å². The van der Waals surface area contributed by atoms with E-state index in [0.29, 0.717) is 42.7 Å². The van der Waals surface area contributed by atoms with E-state index in [1.54, 1.807) is 11.0 Å². The molecule has 5 rings (SSSR count). The molecule has 0 radical (unpaired) electrons. The molecule has 10 heteroatoms. The summed E-state index contributed by atoms with van der Waals surface area (Å²) in [6, 6.07) is 19.2. The van der Waals surface area contributed by atoms with Crippen LogP contribution >= 0.6 is 11.6 Å². The summed E-state index contributed by atoms with van der Waals surface area (Å²) in [4.78, 5) is 26.0. The molecule has 1 fully saturated rings. The zero-order chi connectivity index (χ0) is 25.3. The van der Waals surface area contributed by atoms with Crippen LogP contribution in [0.4, 0.5) is 29.5 Å². The van der Waals surface area contributed by atoms with Crippen LogP contribution in [0.2, 0.25) is 5.02 Å². The number of anilines is 2. The summed E-state index contributed by atoms with van der Waals surface area (Å²) in [5.41, 5.74) is 1.16. The highest BCUT2D eigenvalue weighted by Gasteiger charge is 2.30. The maximum atomic E-state index is 12.8. The van der Waals surface area contributed by atoms with Gasteiger partial charge < -0.3 is 15.1 Å². The van der Waals surface area contributed by atoms with Crippen LogP contribution in [-0.2, 0) is 6.18 Å². The van der Waals surface area contributed by atoms with Gasteiger partial charge in [0.25, 0.3) is 0 Å². The number of nitrogens with one attached hydrogen (secondary N) is 1. The van der Waals surface area contributed by atoms with E-state index in [0.717, 1.165) is 34.4 Å². The van der Waals surface area contributed by atoms with Gasteiger partial charge in [0.2, 0.25) is 0 Å². The molecule has 6 nitrogen and oxygen atoms in total. The number of aromatic nitrogens is 2. The van der Waals surface area contributed by atoms with Gasteiger partial charge in [0, 0.05) is 47.8 Å². The Bertz CT molecular complexity index is 1390. The number of halogens is 4. The van der Waals surface area contributed by atoms with E-state index < -0.39 is 11.7 Å². The van der Waals surface area contributed by atoms with Crippen molar-refractivity contribution in [3.8, 4) is 11.4 Å². The van der Waals surface area contributed by atoms with Crippen LogP contribution in [0.1, 0.15) is 5.56 Å². The average Bonchev–Trinajstić information content (AvgIpc) is 2.88. The second kappa shape index (κ2) is 9.66. The highest BCUT2D eigenvalue weighted by atomic mass is 35.5. The van der Waals surface area contributed by atoms with E-state index >= 15 is 0 Å². The molecular weight excluding hydrogens is 491 g/mol. The first-order valence-electron chi connectivity index (χ1n) is 11.3. The fourth-order valence-electron chi connectivity index (χ4n) is 4.11.